The monoisotopic (exact) mass is 237 g/mol. The Balaban J connectivity index is 2.41. The van der Waals surface area contributed by atoms with Gasteiger partial charge in [-0.05, 0) is 37.2 Å². The maximum Gasteiger partial charge on any atom is 0.123 e. The number of nitrogens with zero attached hydrogens (tertiary/aromatic N) is 2. The number of hydrogen-bond acceptors (Lipinski definition) is 4. The predicted octanol–water partition coefficient (Wildman–Crippen LogP) is 2.29. The summed E-state index contributed by atoms with van der Waals surface area (Å²) in [6.07, 6.45) is 1.70. The number of nitrogens with one attached hydrogen (secondary N) is 1. The van der Waals surface area contributed by atoms with Gasteiger partial charge in [-0.2, -0.15) is 8.75 Å². The van der Waals surface area contributed by atoms with Crippen LogP contribution in [-0.4, -0.2) is 15.8 Å². The zero-order valence-corrected chi connectivity index (χ0v) is 9.88. The summed E-state index contributed by atoms with van der Waals surface area (Å²) in [7, 11) is 1.82. The van der Waals surface area contributed by atoms with Crippen LogP contribution in [0.1, 0.15) is 22.9 Å². The Hall–Kier alpha value is -1.33. The van der Waals surface area contributed by atoms with Gasteiger partial charge >= 0.3 is 0 Å². The summed E-state index contributed by atoms with van der Waals surface area (Å²) < 4.78 is 21.4. The van der Waals surface area contributed by atoms with Gasteiger partial charge in [0.05, 0.1) is 29.7 Å². The maximum atomic E-state index is 13.3. The second-order valence-corrected chi connectivity index (χ2v) is 4.17. The summed E-state index contributed by atoms with van der Waals surface area (Å²) in [5, 5.41) is 3.11. The van der Waals surface area contributed by atoms with Gasteiger partial charge < -0.3 is 5.32 Å². The predicted molar refractivity (Wildman–Crippen MR) is 61.9 cm³/mol. The lowest BCUT2D eigenvalue weighted by molar-refractivity contribution is 0.613. The molecule has 2 aromatic rings. The average molecular weight is 237 g/mol. The topological polar surface area (TPSA) is 37.8 Å². The van der Waals surface area contributed by atoms with E-state index in [1.807, 2.05) is 20.0 Å². The maximum absolute atomic E-state index is 13.3. The number of aryl methyl sites for hydroxylation is 1. The lowest BCUT2D eigenvalue weighted by Gasteiger charge is -2.14. The van der Waals surface area contributed by atoms with E-state index in [9.17, 15) is 4.39 Å². The molecule has 0 aliphatic carbocycles. The first-order valence-corrected chi connectivity index (χ1v) is 5.65. The van der Waals surface area contributed by atoms with Crippen molar-refractivity contribution >= 4 is 11.7 Å². The second-order valence-electron chi connectivity index (χ2n) is 3.62. The molecular formula is C11H12FN3S. The smallest absolute Gasteiger partial charge is 0.123 e. The molecule has 1 heterocycles. The summed E-state index contributed by atoms with van der Waals surface area (Å²) in [6, 6.07) is 4.88. The zero-order chi connectivity index (χ0) is 11.5. The molecule has 0 spiro atoms. The van der Waals surface area contributed by atoms with Crippen molar-refractivity contribution in [3.8, 4) is 0 Å². The Morgan fingerprint density at radius 1 is 1.38 bits per heavy atom. The van der Waals surface area contributed by atoms with Crippen molar-refractivity contribution in [3.05, 3.63) is 47.0 Å². The van der Waals surface area contributed by atoms with Crippen molar-refractivity contribution in [1.29, 1.82) is 0 Å². The minimum absolute atomic E-state index is 0.104. The van der Waals surface area contributed by atoms with Gasteiger partial charge in [-0.15, -0.1) is 0 Å². The minimum Gasteiger partial charge on any atom is -0.308 e. The third-order valence-electron chi connectivity index (χ3n) is 2.36. The Kier molecular flexibility index (Phi) is 3.26. The van der Waals surface area contributed by atoms with Crippen LogP contribution in [0.15, 0.2) is 24.4 Å². The van der Waals surface area contributed by atoms with E-state index in [1.54, 1.807) is 6.20 Å². The van der Waals surface area contributed by atoms with E-state index in [0.717, 1.165) is 28.5 Å². The first-order chi connectivity index (χ1) is 7.70. The fourth-order valence-electron chi connectivity index (χ4n) is 1.72. The first kappa shape index (κ1) is 11.2. The summed E-state index contributed by atoms with van der Waals surface area (Å²) in [5.74, 6) is -0.224. The van der Waals surface area contributed by atoms with Crippen LogP contribution in [0, 0.1) is 12.7 Å². The molecule has 0 saturated heterocycles. The molecule has 1 N–H and O–H groups in total. The van der Waals surface area contributed by atoms with Crippen LogP contribution in [0.4, 0.5) is 4.39 Å². The van der Waals surface area contributed by atoms with Gasteiger partial charge in [-0.3, -0.25) is 0 Å². The first-order valence-electron chi connectivity index (χ1n) is 4.92. The van der Waals surface area contributed by atoms with Crippen LogP contribution in [0.3, 0.4) is 0 Å². The van der Waals surface area contributed by atoms with Gasteiger partial charge in [0.15, 0.2) is 0 Å². The average Bonchev–Trinajstić information content (AvgIpc) is 2.70. The van der Waals surface area contributed by atoms with Crippen LogP contribution in [0.5, 0.6) is 0 Å². The van der Waals surface area contributed by atoms with Crippen LogP contribution in [-0.2, 0) is 0 Å². The second kappa shape index (κ2) is 4.67. The SMILES string of the molecule is CNC(c1cc(C)cc(F)c1)c1cnsn1. The van der Waals surface area contributed by atoms with Crippen molar-refractivity contribution in [2.24, 2.45) is 0 Å². The van der Waals surface area contributed by atoms with Gasteiger partial charge in [-0.25, -0.2) is 4.39 Å². The number of halogens is 1. The van der Waals surface area contributed by atoms with Crippen molar-refractivity contribution in [2.45, 2.75) is 13.0 Å². The van der Waals surface area contributed by atoms with E-state index >= 15 is 0 Å². The van der Waals surface area contributed by atoms with E-state index < -0.39 is 0 Å². The molecule has 16 heavy (non-hydrogen) atoms. The molecular weight excluding hydrogens is 225 g/mol. The van der Waals surface area contributed by atoms with Gasteiger partial charge in [0, 0.05) is 0 Å². The van der Waals surface area contributed by atoms with Crippen molar-refractivity contribution in [3.63, 3.8) is 0 Å². The van der Waals surface area contributed by atoms with Gasteiger partial charge in [0.25, 0.3) is 0 Å². The molecule has 0 radical (unpaired) electrons. The Labute approximate surface area is 97.7 Å². The third kappa shape index (κ3) is 2.25. The van der Waals surface area contributed by atoms with Crippen molar-refractivity contribution in [2.75, 3.05) is 7.05 Å². The molecule has 0 aliphatic heterocycles. The van der Waals surface area contributed by atoms with Gasteiger partial charge in [0.1, 0.15) is 5.82 Å². The normalized spacial score (nSPS) is 12.7. The fraction of sp³-hybridized carbons (Fsp3) is 0.273. The van der Waals surface area contributed by atoms with Gasteiger partial charge in [0.2, 0.25) is 0 Å². The highest BCUT2D eigenvalue weighted by Gasteiger charge is 2.15. The Morgan fingerprint density at radius 2 is 2.19 bits per heavy atom. The lowest BCUT2D eigenvalue weighted by atomic mass is 10.0. The van der Waals surface area contributed by atoms with E-state index in [0.29, 0.717) is 0 Å². The van der Waals surface area contributed by atoms with E-state index in [1.165, 1.54) is 12.1 Å². The van der Waals surface area contributed by atoms with Crippen LogP contribution < -0.4 is 5.32 Å². The molecule has 0 aliphatic rings. The fourth-order valence-corrected chi connectivity index (χ4v) is 2.16. The van der Waals surface area contributed by atoms with Gasteiger partial charge in [-0.1, -0.05) is 6.07 Å². The zero-order valence-electron chi connectivity index (χ0n) is 9.07. The van der Waals surface area contributed by atoms with E-state index in [-0.39, 0.29) is 11.9 Å². The lowest BCUT2D eigenvalue weighted by Crippen LogP contribution is -2.18. The molecule has 1 aromatic heterocycles. The quantitative estimate of drug-likeness (QED) is 0.890. The highest BCUT2D eigenvalue weighted by molar-refractivity contribution is 6.99. The highest BCUT2D eigenvalue weighted by atomic mass is 32.1. The van der Waals surface area contributed by atoms with Crippen LogP contribution >= 0.6 is 11.7 Å². The molecule has 1 aromatic carbocycles. The number of aromatic nitrogens is 2. The number of rotatable bonds is 3. The Bertz CT molecular complexity index is 450. The number of hydrogen-bond donors (Lipinski definition) is 1. The van der Waals surface area contributed by atoms with E-state index in [4.69, 9.17) is 0 Å². The minimum atomic E-state index is -0.224. The summed E-state index contributed by atoms with van der Waals surface area (Å²) >= 11 is 1.15. The van der Waals surface area contributed by atoms with Crippen molar-refractivity contribution in [1.82, 2.24) is 14.1 Å². The molecule has 2 rings (SSSR count). The van der Waals surface area contributed by atoms with Crippen molar-refractivity contribution < 1.29 is 4.39 Å². The van der Waals surface area contributed by atoms with E-state index in [2.05, 4.69) is 14.1 Å². The summed E-state index contributed by atoms with van der Waals surface area (Å²) in [4.78, 5) is 0. The third-order valence-corrected chi connectivity index (χ3v) is 2.85. The highest BCUT2D eigenvalue weighted by Crippen LogP contribution is 2.22. The summed E-state index contributed by atoms with van der Waals surface area (Å²) in [5.41, 5.74) is 2.59. The molecule has 0 amide bonds. The van der Waals surface area contributed by atoms with Crippen LogP contribution in [0.25, 0.3) is 0 Å². The molecule has 1 atom stereocenters. The molecule has 5 heteroatoms. The molecule has 3 nitrogen and oxygen atoms in total. The standard InChI is InChI=1S/C11H12FN3S/c1-7-3-8(5-9(12)4-7)11(13-2)10-6-14-16-15-10/h3-6,11,13H,1-2H3. The number of benzene rings is 1. The molecule has 84 valence electrons. The van der Waals surface area contributed by atoms with Crippen LogP contribution in [0.2, 0.25) is 0 Å². The molecule has 0 bridgehead atoms. The molecule has 0 fully saturated rings. The molecule has 1 unspecified atom stereocenters. The largest absolute Gasteiger partial charge is 0.308 e. The molecule has 0 saturated carbocycles. The Morgan fingerprint density at radius 3 is 2.75 bits per heavy atom. The summed E-state index contributed by atoms with van der Waals surface area (Å²) in [6.45, 7) is 1.87.